The predicted octanol–water partition coefficient (Wildman–Crippen LogP) is 2.22. The molecule has 0 fully saturated rings. The highest BCUT2D eigenvalue weighted by Crippen LogP contribution is 2.29. The van der Waals surface area contributed by atoms with E-state index in [-0.39, 0.29) is 6.04 Å². The molecule has 20 heavy (non-hydrogen) atoms. The second kappa shape index (κ2) is 5.65. The molecule has 3 nitrogen and oxygen atoms in total. The Morgan fingerprint density at radius 2 is 1.95 bits per heavy atom. The summed E-state index contributed by atoms with van der Waals surface area (Å²) in [6, 6.07) is 15.5. The van der Waals surface area contributed by atoms with Crippen molar-refractivity contribution in [2.24, 2.45) is 5.73 Å². The maximum absolute atomic E-state index is 10.4. The van der Waals surface area contributed by atoms with Crippen LogP contribution in [0.5, 0.6) is 5.75 Å². The first kappa shape index (κ1) is 13.2. The molecule has 3 heteroatoms. The molecule has 2 atom stereocenters. The van der Waals surface area contributed by atoms with E-state index in [0.29, 0.717) is 6.42 Å². The number of hydrogen-bond acceptors (Lipinski definition) is 3. The van der Waals surface area contributed by atoms with Gasteiger partial charge in [0.05, 0.1) is 12.7 Å². The first-order chi connectivity index (χ1) is 9.74. The summed E-state index contributed by atoms with van der Waals surface area (Å²) in [6.45, 7) is 0.727. The Morgan fingerprint density at radius 1 is 1.15 bits per heavy atom. The molecule has 0 saturated carbocycles. The average molecular weight is 269 g/mol. The van der Waals surface area contributed by atoms with Crippen LogP contribution in [0.4, 0.5) is 0 Å². The van der Waals surface area contributed by atoms with Gasteiger partial charge < -0.3 is 15.6 Å². The first-order valence-electron chi connectivity index (χ1n) is 6.97. The lowest BCUT2D eigenvalue weighted by molar-refractivity contribution is 0.146. The highest BCUT2D eigenvalue weighted by molar-refractivity contribution is 5.40. The minimum Gasteiger partial charge on any atom is -0.493 e. The number of aliphatic hydroxyl groups is 1. The summed E-state index contributed by atoms with van der Waals surface area (Å²) in [7, 11) is 0. The molecule has 0 aliphatic carbocycles. The van der Waals surface area contributed by atoms with E-state index in [0.717, 1.165) is 35.5 Å². The van der Waals surface area contributed by atoms with Gasteiger partial charge in [0.25, 0.3) is 0 Å². The van der Waals surface area contributed by atoms with Crippen LogP contribution in [0.3, 0.4) is 0 Å². The van der Waals surface area contributed by atoms with Crippen LogP contribution in [0.1, 0.15) is 22.8 Å². The third-order valence-electron chi connectivity index (χ3n) is 3.77. The van der Waals surface area contributed by atoms with Crippen molar-refractivity contribution in [3.63, 3.8) is 0 Å². The Bertz CT molecular complexity index is 583. The van der Waals surface area contributed by atoms with E-state index < -0.39 is 6.10 Å². The van der Waals surface area contributed by atoms with Crippen molar-refractivity contribution >= 4 is 0 Å². The highest BCUT2D eigenvalue weighted by atomic mass is 16.5. The van der Waals surface area contributed by atoms with Gasteiger partial charge in [-0.3, -0.25) is 0 Å². The molecule has 0 bridgehead atoms. The van der Waals surface area contributed by atoms with Crippen molar-refractivity contribution in [3.8, 4) is 5.75 Å². The molecule has 0 amide bonds. The standard InChI is InChI=1S/C17H19NO2/c18-15(10-12-4-2-1-3-5-12)17(19)14-6-7-16-13(11-14)8-9-20-16/h1-7,11,15,17,19H,8-10,18H2. The van der Waals surface area contributed by atoms with Gasteiger partial charge in [0.15, 0.2) is 0 Å². The number of fused-ring (bicyclic) bond motifs is 1. The Balaban J connectivity index is 1.73. The SMILES string of the molecule is NC(Cc1ccccc1)C(O)c1ccc2c(c1)CCO2. The summed E-state index contributed by atoms with van der Waals surface area (Å²) < 4.78 is 5.48. The Kier molecular flexibility index (Phi) is 3.72. The third kappa shape index (κ3) is 2.69. The zero-order valence-corrected chi connectivity index (χ0v) is 11.3. The van der Waals surface area contributed by atoms with Crippen LogP contribution in [0.2, 0.25) is 0 Å². The van der Waals surface area contributed by atoms with Gasteiger partial charge in [0, 0.05) is 12.5 Å². The van der Waals surface area contributed by atoms with E-state index >= 15 is 0 Å². The van der Waals surface area contributed by atoms with Crippen LogP contribution in [-0.2, 0) is 12.8 Å². The molecule has 2 aromatic rings. The highest BCUT2D eigenvalue weighted by Gasteiger charge is 2.20. The Morgan fingerprint density at radius 3 is 2.75 bits per heavy atom. The lowest BCUT2D eigenvalue weighted by Gasteiger charge is -2.20. The van der Waals surface area contributed by atoms with Gasteiger partial charge in [0.1, 0.15) is 5.75 Å². The van der Waals surface area contributed by atoms with E-state index in [1.165, 1.54) is 0 Å². The molecular weight excluding hydrogens is 250 g/mol. The summed E-state index contributed by atoms with van der Waals surface area (Å²) in [4.78, 5) is 0. The lowest BCUT2D eigenvalue weighted by Crippen LogP contribution is -2.30. The Labute approximate surface area is 119 Å². The van der Waals surface area contributed by atoms with Crippen LogP contribution in [0, 0.1) is 0 Å². The van der Waals surface area contributed by atoms with Gasteiger partial charge in [-0.15, -0.1) is 0 Å². The molecule has 3 N–H and O–H groups in total. The zero-order valence-electron chi connectivity index (χ0n) is 11.3. The molecular formula is C17H19NO2. The molecule has 0 radical (unpaired) electrons. The number of benzene rings is 2. The summed E-state index contributed by atoms with van der Waals surface area (Å²) in [5.41, 5.74) is 9.32. The molecule has 0 aromatic heterocycles. The van der Waals surface area contributed by atoms with E-state index in [9.17, 15) is 5.11 Å². The summed E-state index contributed by atoms with van der Waals surface area (Å²) in [5, 5.41) is 10.4. The fourth-order valence-electron chi connectivity index (χ4n) is 2.64. The van der Waals surface area contributed by atoms with E-state index in [4.69, 9.17) is 10.5 Å². The van der Waals surface area contributed by atoms with Crippen molar-refractivity contribution < 1.29 is 9.84 Å². The molecule has 1 heterocycles. The van der Waals surface area contributed by atoms with E-state index in [1.54, 1.807) is 0 Å². The molecule has 3 rings (SSSR count). The fourth-order valence-corrected chi connectivity index (χ4v) is 2.64. The predicted molar refractivity (Wildman–Crippen MR) is 78.7 cm³/mol. The average Bonchev–Trinajstić information content (AvgIpc) is 2.94. The topological polar surface area (TPSA) is 55.5 Å². The Hall–Kier alpha value is -1.84. The lowest BCUT2D eigenvalue weighted by atomic mass is 9.95. The number of nitrogens with two attached hydrogens (primary N) is 1. The van der Waals surface area contributed by atoms with Gasteiger partial charge in [0.2, 0.25) is 0 Å². The van der Waals surface area contributed by atoms with Gasteiger partial charge >= 0.3 is 0 Å². The normalized spacial score (nSPS) is 16.3. The maximum atomic E-state index is 10.4. The number of rotatable bonds is 4. The second-order valence-electron chi connectivity index (χ2n) is 5.26. The molecule has 2 aromatic carbocycles. The van der Waals surface area contributed by atoms with Crippen molar-refractivity contribution in [1.82, 2.24) is 0 Å². The summed E-state index contributed by atoms with van der Waals surface area (Å²) in [5.74, 6) is 0.928. The first-order valence-corrected chi connectivity index (χ1v) is 6.97. The van der Waals surface area contributed by atoms with Crippen molar-refractivity contribution in [1.29, 1.82) is 0 Å². The van der Waals surface area contributed by atoms with Crippen LogP contribution in [0.25, 0.3) is 0 Å². The quantitative estimate of drug-likeness (QED) is 0.895. The van der Waals surface area contributed by atoms with Crippen molar-refractivity contribution in [2.75, 3.05) is 6.61 Å². The summed E-state index contributed by atoms with van der Waals surface area (Å²) >= 11 is 0. The minimum atomic E-state index is -0.652. The molecule has 2 unspecified atom stereocenters. The van der Waals surface area contributed by atoms with Gasteiger partial charge in [-0.2, -0.15) is 0 Å². The van der Waals surface area contributed by atoms with Crippen LogP contribution >= 0.6 is 0 Å². The second-order valence-corrected chi connectivity index (χ2v) is 5.26. The number of hydrogen-bond donors (Lipinski definition) is 2. The molecule has 0 saturated heterocycles. The minimum absolute atomic E-state index is 0.308. The van der Waals surface area contributed by atoms with Gasteiger partial charge in [-0.25, -0.2) is 0 Å². The summed E-state index contributed by atoms with van der Waals surface area (Å²) in [6.07, 6.45) is 0.917. The van der Waals surface area contributed by atoms with E-state index in [1.807, 2.05) is 48.5 Å². The number of aliphatic hydroxyl groups excluding tert-OH is 1. The van der Waals surface area contributed by atoms with Crippen LogP contribution in [-0.4, -0.2) is 17.8 Å². The zero-order chi connectivity index (χ0) is 13.9. The number of ether oxygens (including phenoxy) is 1. The monoisotopic (exact) mass is 269 g/mol. The van der Waals surface area contributed by atoms with Crippen molar-refractivity contribution in [2.45, 2.75) is 25.0 Å². The molecule has 0 spiro atoms. The maximum Gasteiger partial charge on any atom is 0.122 e. The third-order valence-corrected chi connectivity index (χ3v) is 3.77. The van der Waals surface area contributed by atoms with Crippen LogP contribution < -0.4 is 10.5 Å². The molecule has 104 valence electrons. The van der Waals surface area contributed by atoms with Gasteiger partial charge in [-0.05, 0) is 35.2 Å². The smallest absolute Gasteiger partial charge is 0.122 e. The fraction of sp³-hybridized carbons (Fsp3) is 0.294. The van der Waals surface area contributed by atoms with Gasteiger partial charge in [-0.1, -0.05) is 36.4 Å². The largest absolute Gasteiger partial charge is 0.493 e. The molecule has 1 aliphatic heterocycles. The van der Waals surface area contributed by atoms with Crippen molar-refractivity contribution in [3.05, 3.63) is 65.2 Å². The van der Waals surface area contributed by atoms with Crippen LogP contribution in [0.15, 0.2) is 48.5 Å². The molecule has 1 aliphatic rings. The van der Waals surface area contributed by atoms with E-state index in [2.05, 4.69) is 0 Å².